The van der Waals surface area contributed by atoms with Gasteiger partial charge in [-0.05, 0) is 30.5 Å². The highest BCUT2D eigenvalue weighted by molar-refractivity contribution is 5.83. The van der Waals surface area contributed by atoms with E-state index in [-0.39, 0.29) is 6.03 Å². The highest BCUT2D eigenvalue weighted by Crippen LogP contribution is 2.20. The monoisotopic (exact) mass is 292 g/mol. The van der Waals surface area contributed by atoms with Gasteiger partial charge in [0.25, 0.3) is 0 Å². The first kappa shape index (κ1) is 15.2. The molecular formula is C15H20N2O4. The van der Waals surface area contributed by atoms with Crippen LogP contribution in [0.5, 0.6) is 5.75 Å². The van der Waals surface area contributed by atoms with Gasteiger partial charge in [0.05, 0.1) is 7.11 Å². The summed E-state index contributed by atoms with van der Waals surface area (Å²) in [4.78, 5) is 26.5. The maximum atomic E-state index is 12.4. The predicted octanol–water partition coefficient (Wildman–Crippen LogP) is 1.80. The van der Waals surface area contributed by atoms with Crippen LogP contribution in [-0.2, 0) is 11.3 Å². The third-order valence-electron chi connectivity index (χ3n) is 3.66. The van der Waals surface area contributed by atoms with Crippen LogP contribution in [0.15, 0.2) is 24.3 Å². The third-order valence-corrected chi connectivity index (χ3v) is 3.66. The number of amides is 2. The molecule has 6 nitrogen and oxygen atoms in total. The van der Waals surface area contributed by atoms with E-state index in [2.05, 4.69) is 0 Å². The molecule has 1 aromatic carbocycles. The van der Waals surface area contributed by atoms with Crippen molar-refractivity contribution in [3.63, 3.8) is 0 Å². The molecule has 0 unspecified atom stereocenters. The van der Waals surface area contributed by atoms with E-state index in [1.807, 2.05) is 24.3 Å². The quantitative estimate of drug-likeness (QED) is 0.918. The number of carbonyl (C=O) groups excluding carboxylic acids is 1. The first-order valence-corrected chi connectivity index (χ1v) is 6.90. The zero-order valence-corrected chi connectivity index (χ0v) is 12.3. The first-order valence-electron chi connectivity index (χ1n) is 6.90. The van der Waals surface area contributed by atoms with Crippen LogP contribution in [0.2, 0.25) is 0 Å². The Morgan fingerprint density at radius 1 is 1.48 bits per heavy atom. The van der Waals surface area contributed by atoms with Gasteiger partial charge in [-0.15, -0.1) is 0 Å². The normalized spacial score (nSPS) is 17.6. The number of carboxylic acids is 1. The summed E-state index contributed by atoms with van der Waals surface area (Å²) >= 11 is 0. The summed E-state index contributed by atoms with van der Waals surface area (Å²) < 4.78 is 5.15. The topological polar surface area (TPSA) is 70.1 Å². The third kappa shape index (κ3) is 3.45. The SMILES string of the molecule is COc1cccc(CN(C)C(=O)N2CCC[C@@H]2C(=O)O)c1. The number of carbonyl (C=O) groups is 2. The summed E-state index contributed by atoms with van der Waals surface area (Å²) in [5.41, 5.74) is 0.941. The molecular weight excluding hydrogens is 272 g/mol. The zero-order chi connectivity index (χ0) is 15.4. The van der Waals surface area contributed by atoms with E-state index in [4.69, 9.17) is 9.84 Å². The minimum atomic E-state index is -0.935. The molecule has 1 aromatic rings. The average molecular weight is 292 g/mol. The molecule has 0 aromatic heterocycles. The lowest BCUT2D eigenvalue weighted by molar-refractivity contribution is -0.141. The Kier molecular flexibility index (Phi) is 4.67. The molecule has 1 atom stereocenters. The van der Waals surface area contributed by atoms with Crippen LogP contribution in [0.3, 0.4) is 0 Å². The molecule has 0 spiro atoms. The van der Waals surface area contributed by atoms with Gasteiger partial charge in [-0.25, -0.2) is 9.59 Å². The number of likely N-dealkylation sites (tertiary alicyclic amines) is 1. The molecule has 2 rings (SSSR count). The number of hydrogen-bond acceptors (Lipinski definition) is 3. The summed E-state index contributed by atoms with van der Waals surface area (Å²) in [6, 6.07) is 6.52. The molecule has 0 aliphatic carbocycles. The van der Waals surface area contributed by atoms with Crippen LogP contribution < -0.4 is 4.74 Å². The van der Waals surface area contributed by atoms with Gasteiger partial charge < -0.3 is 19.6 Å². The molecule has 1 heterocycles. The Balaban J connectivity index is 2.03. The van der Waals surface area contributed by atoms with Crippen molar-refractivity contribution in [1.29, 1.82) is 0 Å². The van der Waals surface area contributed by atoms with Crippen molar-refractivity contribution >= 4 is 12.0 Å². The van der Waals surface area contributed by atoms with Crippen LogP contribution in [0.25, 0.3) is 0 Å². The van der Waals surface area contributed by atoms with Crippen molar-refractivity contribution in [2.24, 2.45) is 0 Å². The lowest BCUT2D eigenvalue weighted by Crippen LogP contribution is -2.46. The number of urea groups is 1. The van der Waals surface area contributed by atoms with E-state index in [0.29, 0.717) is 19.5 Å². The molecule has 21 heavy (non-hydrogen) atoms. The van der Waals surface area contributed by atoms with Crippen molar-refractivity contribution in [1.82, 2.24) is 9.80 Å². The van der Waals surface area contributed by atoms with Crippen molar-refractivity contribution < 1.29 is 19.4 Å². The number of nitrogens with zero attached hydrogens (tertiary/aromatic N) is 2. The second-order valence-electron chi connectivity index (χ2n) is 5.18. The first-order chi connectivity index (χ1) is 10.0. The van der Waals surface area contributed by atoms with Gasteiger partial charge in [-0.3, -0.25) is 0 Å². The van der Waals surface area contributed by atoms with Gasteiger partial charge in [-0.2, -0.15) is 0 Å². The Labute approximate surface area is 123 Å². The number of methoxy groups -OCH3 is 1. The van der Waals surface area contributed by atoms with Crippen molar-refractivity contribution in [3.8, 4) is 5.75 Å². The van der Waals surface area contributed by atoms with Crippen LogP contribution in [0, 0.1) is 0 Å². The summed E-state index contributed by atoms with van der Waals surface area (Å²) in [6.07, 6.45) is 1.25. The predicted molar refractivity (Wildman–Crippen MR) is 77.2 cm³/mol. The number of carboxylic acid groups (broad SMARTS) is 1. The van der Waals surface area contributed by atoms with Gasteiger partial charge in [-0.1, -0.05) is 12.1 Å². The minimum absolute atomic E-state index is 0.247. The lowest BCUT2D eigenvalue weighted by atomic mass is 10.2. The number of aliphatic carboxylic acids is 1. The fourth-order valence-electron chi connectivity index (χ4n) is 2.58. The summed E-state index contributed by atoms with van der Waals surface area (Å²) in [5, 5.41) is 9.14. The number of rotatable bonds is 4. The largest absolute Gasteiger partial charge is 0.497 e. The van der Waals surface area contributed by atoms with E-state index < -0.39 is 12.0 Å². The lowest BCUT2D eigenvalue weighted by Gasteiger charge is -2.27. The Morgan fingerprint density at radius 3 is 2.90 bits per heavy atom. The van der Waals surface area contributed by atoms with Gasteiger partial charge >= 0.3 is 12.0 Å². The molecule has 114 valence electrons. The second kappa shape index (κ2) is 6.47. The van der Waals surface area contributed by atoms with Crippen LogP contribution in [0.4, 0.5) is 4.79 Å². The molecule has 2 amide bonds. The summed E-state index contributed by atoms with van der Waals surface area (Å²) in [7, 11) is 3.27. The van der Waals surface area contributed by atoms with Crippen molar-refractivity contribution in [2.45, 2.75) is 25.4 Å². The summed E-state index contributed by atoms with van der Waals surface area (Å²) in [6.45, 7) is 0.914. The molecule has 6 heteroatoms. The van der Waals surface area contributed by atoms with Crippen molar-refractivity contribution in [2.75, 3.05) is 20.7 Å². The van der Waals surface area contributed by atoms with Crippen LogP contribution in [-0.4, -0.2) is 53.7 Å². The van der Waals surface area contributed by atoms with Gasteiger partial charge in [0, 0.05) is 20.1 Å². The summed E-state index contributed by atoms with van der Waals surface area (Å²) in [5.74, 6) is -0.200. The fourth-order valence-corrected chi connectivity index (χ4v) is 2.58. The zero-order valence-electron chi connectivity index (χ0n) is 12.3. The highest BCUT2D eigenvalue weighted by Gasteiger charge is 2.35. The maximum absolute atomic E-state index is 12.4. The molecule has 1 aliphatic rings. The van der Waals surface area contributed by atoms with Gasteiger partial charge in [0.15, 0.2) is 0 Å². The van der Waals surface area contributed by atoms with E-state index >= 15 is 0 Å². The number of ether oxygens (including phenoxy) is 1. The highest BCUT2D eigenvalue weighted by atomic mass is 16.5. The fraction of sp³-hybridized carbons (Fsp3) is 0.467. The average Bonchev–Trinajstić information content (AvgIpc) is 2.96. The van der Waals surface area contributed by atoms with Gasteiger partial charge in [0.1, 0.15) is 11.8 Å². The minimum Gasteiger partial charge on any atom is -0.497 e. The smallest absolute Gasteiger partial charge is 0.326 e. The van der Waals surface area contributed by atoms with Crippen molar-refractivity contribution in [3.05, 3.63) is 29.8 Å². The standard InChI is InChI=1S/C15H20N2O4/c1-16(10-11-5-3-6-12(9-11)21-2)15(20)17-8-4-7-13(17)14(18)19/h3,5-6,9,13H,4,7-8,10H2,1-2H3,(H,18,19)/t13-/m1/s1. The molecule has 1 fully saturated rings. The Bertz CT molecular complexity index is 532. The number of hydrogen-bond donors (Lipinski definition) is 1. The van der Waals surface area contributed by atoms with E-state index in [9.17, 15) is 9.59 Å². The van der Waals surface area contributed by atoms with E-state index in [0.717, 1.165) is 17.7 Å². The van der Waals surface area contributed by atoms with E-state index in [1.165, 1.54) is 9.80 Å². The Morgan fingerprint density at radius 2 is 2.24 bits per heavy atom. The molecule has 1 saturated heterocycles. The molecule has 0 saturated carbocycles. The maximum Gasteiger partial charge on any atom is 0.326 e. The molecule has 0 bridgehead atoms. The number of benzene rings is 1. The van der Waals surface area contributed by atoms with Gasteiger partial charge in [0.2, 0.25) is 0 Å². The second-order valence-corrected chi connectivity index (χ2v) is 5.18. The Hall–Kier alpha value is -2.24. The molecule has 1 aliphatic heterocycles. The van der Waals surface area contributed by atoms with E-state index in [1.54, 1.807) is 14.2 Å². The van der Waals surface area contributed by atoms with Crippen LogP contribution >= 0.6 is 0 Å². The molecule has 1 N–H and O–H groups in total. The molecule has 0 radical (unpaired) electrons. The van der Waals surface area contributed by atoms with Crippen LogP contribution in [0.1, 0.15) is 18.4 Å².